The lowest BCUT2D eigenvalue weighted by Gasteiger charge is -2.14. The molecule has 0 aliphatic heterocycles. The van der Waals surface area contributed by atoms with E-state index in [1.807, 2.05) is 23.7 Å². The summed E-state index contributed by atoms with van der Waals surface area (Å²) in [6, 6.07) is 6.08. The summed E-state index contributed by atoms with van der Waals surface area (Å²) in [6.07, 6.45) is 3.57. The van der Waals surface area contributed by atoms with Crippen molar-refractivity contribution in [2.24, 2.45) is 5.84 Å². The van der Waals surface area contributed by atoms with Crippen molar-refractivity contribution in [2.75, 3.05) is 0 Å². The van der Waals surface area contributed by atoms with Gasteiger partial charge in [-0.2, -0.15) is 0 Å². The number of nitrogens with two attached hydrogens (primary N) is 1. The molecule has 0 bridgehead atoms. The molecule has 0 spiro atoms. The molecule has 2 rings (SSSR count). The Balaban J connectivity index is 2.35. The summed E-state index contributed by atoms with van der Waals surface area (Å²) in [6.45, 7) is 0. The van der Waals surface area contributed by atoms with Gasteiger partial charge in [0.2, 0.25) is 0 Å². The molecule has 2 heterocycles. The summed E-state index contributed by atoms with van der Waals surface area (Å²) < 4.78 is 0.955. The second-order valence-corrected chi connectivity index (χ2v) is 4.95. The second-order valence-electron chi connectivity index (χ2n) is 3.05. The number of halogens is 1. The Labute approximate surface area is 100 Å². The minimum atomic E-state index is 0.00926. The van der Waals surface area contributed by atoms with Gasteiger partial charge in [0.05, 0.1) is 6.04 Å². The summed E-state index contributed by atoms with van der Waals surface area (Å²) in [7, 11) is 0. The third-order valence-corrected chi connectivity index (χ3v) is 3.42. The van der Waals surface area contributed by atoms with Crippen LogP contribution < -0.4 is 11.3 Å². The van der Waals surface area contributed by atoms with Crippen molar-refractivity contribution in [3.05, 3.63) is 50.9 Å². The average Bonchev–Trinajstić information content (AvgIpc) is 2.72. The average molecular weight is 284 g/mol. The predicted octanol–water partition coefficient (Wildman–Crippen LogP) is 2.46. The third-order valence-electron chi connectivity index (χ3n) is 2.05. The molecule has 78 valence electrons. The molecule has 1 atom stereocenters. The summed E-state index contributed by atoms with van der Waals surface area (Å²) in [5, 5.41) is 2.03. The lowest BCUT2D eigenvalue weighted by atomic mass is 10.1. The van der Waals surface area contributed by atoms with Crippen LogP contribution in [0.5, 0.6) is 0 Å². The molecule has 3 nitrogen and oxygen atoms in total. The molecule has 0 aliphatic rings. The molecule has 2 aromatic rings. The zero-order valence-electron chi connectivity index (χ0n) is 7.85. The first-order chi connectivity index (χ1) is 7.31. The maximum Gasteiger partial charge on any atom is 0.0817 e. The Morgan fingerprint density at radius 3 is 2.93 bits per heavy atom. The molecule has 1 unspecified atom stereocenters. The number of hydrazine groups is 1. The Kier molecular flexibility index (Phi) is 3.48. The lowest BCUT2D eigenvalue weighted by Crippen LogP contribution is -2.28. The van der Waals surface area contributed by atoms with Crippen LogP contribution >= 0.6 is 27.3 Å². The minimum Gasteiger partial charge on any atom is -0.271 e. The normalized spacial score (nSPS) is 12.7. The molecule has 0 saturated heterocycles. The van der Waals surface area contributed by atoms with Gasteiger partial charge in [-0.1, -0.05) is 6.07 Å². The quantitative estimate of drug-likeness (QED) is 0.672. The monoisotopic (exact) mass is 283 g/mol. The smallest absolute Gasteiger partial charge is 0.0817 e. The zero-order valence-corrected chi connectivity index (χ0v) is 10.3. The number of aromatic nitrogens is 1. The highest BCUT2D eigenvalue weighted by atomic mass is 79.9. The molecule has 0 radical (unpaired) electrons. The SMILES string of the molecule is NNC(c1cncc(Br)c1)c1cccs1. The van der Waals surface area contributed by atoms with Gasteiger partial charge in [-0.05, 0) is 39.0 Å². The molecule has 5 heteroatoms. The van der Waals surface area contributed by atoms with E-state index in [2.05, 4.69) is 32.4 Å². The van der Waals surface area contributed by atoms with Crippen LogP contribution in [0.4, 0.5) is 0 Å². The molecule has 0 amide bonds. The molecule has 15 heavy (non-hydrogen) atoms. The van der Waals surface area contributed by atoms with Crippen LogP contribution in [-0.4, -0.2) is 4.98 Å². The van der Waals surface area contributed by atoms with Crippen LogP contribution in [-0.2, 0) is 0 Å². The highest BCUT2D eigenvalue weighted by Gasteiger charge is 2.13. The van der Waals surface area contributed by atoms with Gasteiger partial charge in [0.1, 0.15) is 0 Å². The van der Waals surface area contributed by atoms with E-state index < -0.39 is 0 Å². The van der Waals surface area contributed by atoms with Gasteiger partial charge in [0.25, 0.3) is 0 Å². The molecule has 2 aromatic heterocycles. The second kappa shape index (κ2) is 4.85. The molecule has 0 fully saturated rings. The van der Waals surface area contributed by atoms with Crippen LogP contribution in [0.25, 0.3) is 0 Å². The highest BCUT2D eigenvalue weighted by Crippen LogP contribution is 2.26. The van der Waals surface area contributed by atoms with Crippen molar-refractivity contribution in [3.63, 3.8) is 0 Å². The van der Waals surface area contributed by atoms with Crippen molar-refractivity contribution >= 4 is 27.3 Å². The number of pyridine rings is 1. The highest BCUT2D eigenvalue weighted by molar-refractivity contribution is 9.10. The molecular weight excluding hydrogens is 274 g/mol. The summed E-state index contributed by atoms with van der Waals surface area (Å²) in [5.41, 5.74) is 3.85. The number of nitrogens with zero attached hydrogens (tertiary/aromatic N) is 1. The van der Waals surface area contributed by atoms with Gasteiger partial charge < -0.3 is 0 Å². The van der Waals surface area contributed by atoms with Gasteiger partial charge in [-0.3, -0.25) is 10.8 Å². The van der Waals surface area contributed by atoms with Crippen LogP contribution in [0.3, 0.4) is 0 Å². The molecular formula is C10H10BrN3S. The van der Waals surface area contributed by atoms with Crippen molar-refractivity contribution in [1.82, 2.24) is 10.4 Å². The minimum absolute atomic E-state index is 0.00926. The fourth-order valence-corrected chi connectivity index (χ4v) is 2.58. The molecule has 0 aromatic carbocycles. The fraction of sp³-hybridized carbons (Fsp3) is 0.100. The van der Waals surface area contributed by atoms with Crippen molar-refractivity contribution in [2.45, 2.75) is 6.04 Å². The number of hydrogen-bond acceptors (Lipinski definition) is 4. The number of rotatable bonds is 3. The Morgan fingerprint density at radius 1 is 1.47 bits per heavy atom. The third kappa shape index (κ3) is 2.43. The van der Waals surface area contributed by atoms with E-state index in [4.69, 9.17) is 5.84 Å². The van der Waals surface area contributed by atoms with Crippen LogP contribution in [0.2, 0.25) is 0 Å². The summed E-state index contributed by atoms with van der Waals surface area (Å²) >= 11 is 5.07. The van der Waals surface area contributed by atoms with Crippen molar-refractivity contribution in [1.29, 1.82) is 0 Å². The Morgan fingerprint density at radius 2 is 2.33 bits per heavy atom. The van der Waals surface area contributed by atoms with Crippen molar-refractivity contribution < 1.29 is 0 Å². The van der Waals surface area contributed by atoms with Gasteiger partial charge in [-0.25, -0.2) is 5.43 Å². The van der Waals surface area contributed by atoms with Crippen molar-refractivity contribution in [3.8, 4) is 0 Å². The largest absolute Gasteiger partial charge is 0.271 e. The standard InChI is InChI=1S/C10H10BrN3S/c11-8-4-7(5-13-6-8)10(14-12)9-2-1-3-15-9/h1-6,10,14H,12H2. The first kappa shape index (κ1) is 10.8. The fourth-order valence-electron chi connectivity index (χ4n) is 1.38. The Bertz CT molecular complexity index is 430. The van der Waals surface area contributed by atoms with E-state index in [-0.39, 0.29) is 6.04 Å². The zero-order chi connectivity index (χ0) is 10.7. The van der Waals surface area contributed by atoms with E-state index in [9.17, 15) is 0 Å². The predicted molar refractivity (Wildman–Crippen MR) is 65.4 cm³/mol. The van der Waals surface area contributed by atoms with E-state index in [0.717, 1.165) is 10.0 Å². The van der Waals surface area contributed by atoms with Crippen LogP contribution in [0.15, 0.2) is 40.4 Å². The Hall–Kier alpha value is -0.750. The summed E-state index contributed by atoms with van der Waals surface area (Å²) in [5.74, 6) is 5.56. The van der Waals surface area contributed by atoms with E-state index in [1.165, 1.54) is 4.88 Å². The van der Waals surface area contributed by atoms with E-state index >= 15 is 0 Å². The van der Waals surface area contributed by atoms with Crippen LogP contribution in [0, 0.1) is 0 Å². The summed E-state index contributed by atoms with van der Waals surface area (Å²) in [4.78, 5) is 5.30. The topological polar surface area (TPSA) is 50.9 Å². The van der Waals surface area contributed by atoms with E-state index in [1.54, 1.807) is 17.5 Å². The molecule has 0 aliphatic carbocycles. The van der Waals surface area contributed by atoms with Crippen LogP contribution in [0.1, 0.15) is 16.5 Å². The van der Waals surface area contributed by atoms with Gasteiger partial charge in [0.15, 0.2) is 0 Å². The molecule has 3 N–H and O–H groups in total. The van der Waals surface area contributed by atoms with Gasteiger partial charge in [0, 0.05) is 21.7 Å². The maximum atomic E-state index is 5.56. The molecule has 0 saturated carbocycles. The number of hydrogen-bond donors (Lipinski definition) is 2. The first-order valence-electron chi connectivity index (χ1n) is 4.41. The van der Waals surface area contributed by atoms with Gasteiger partial charge in [-0.15, -0.1) is 11.3 Å². The van der Waals surface area contributed by atoms with Gasteiger partial charge >= 0.3 is 0 Å². The number of nitrogens with one attached hydrogen (secondary N) is 1. The number of thiophene rings is 1. The maximum absolute atomic E-state index is 5.56. The lowest BCUT2D eigenvalue weighted by molar-refractivity contribution is 0.644. The first-order valence-corrected chi connectivity index (χ1v) is 6.08. The van der Waals surface area contributed by atoms with E-state index in [0.29, 0.717) is 0 Å².